The van der Waals surface area contributed by atoms with Gasteiger partial charge in [-0.1, -0.05) is 37.3 Å². The van der Waals surface area contributed by atoms with Gasteiger partial charge in [-0.2, -0.15) is 0 Å². The Morgan fingerprint density at radius 3 is 2.47 bits per heavy atom. The van der Waals surface area contributed by atoms with Crippen LogP contribution in [-0.4, -0.2) is 89.5 Å². The molecule has 3 aliphatic rings. The Balaban J connectivity index is 1.26. The molecule has 0 radical (unpaired) electrons. The second-order valence-electron chi connectivity index (χ2n) is 9.12. The smallest absolute Gasteiger partial charge is 0.236 e. The van der Waals surface area contributed by atoms with E-state index >= 15 is 0 Å². The monoisotopic (exact) mass is 435 g/mol. The number of carbonyl (C=O) groups is 1. The molecular formula is C25H33N5O2. The molecule has 1 aromatic heterocycles. The standard InChI is InChI=1S/C25H33N5O2/c1-2-28-13-15-29(16-14-28)19-22(31)30-11-9-25(10-12-30)23-21(8-17-32-25)18-26-24(27-23)20-6-4-3-5-7-20/h3-7,18H,2,8-17,19H2,1H3. The van der Waals surface area contributed by atoms with Crippen LogP contribution in [0.2, 0.25) is 0 Å². The first-order valence-corrected chi connectivity index (χ1v) is 12.0. The molecule has 5 rings (SSSR count). The minimum Gasteiger partial charge on any atom is -0.368 e. The van der Waals surface area contributed by atoms with E-state index in [2.05, 4.69) is 21.7 Å². The molecule has 32 heavy (non-hydrogen) atoms. The van der Waals surface area contributed by atoms with Crippen LogP contribution in [0, 0.1) is 0 Å². The van der Waals surface area contributed by atoms with Gasteiger partial charge in [-0.25, -0.2) is 9.97 Å². The molecule has 2 saturated heterocycles. The number of piperidine rings is 1. The second-order valence-corrected chi connectivity index (χ2v) is 9.12. The van der Waals surface area contributed by atoms with Crippen molar-refractivity contribution in [2.45, 2.75) is 31.8 Å². The minimum absolute atomic E-state index is 0.244. The van der Waals surface area contributed by atoms with E-state index in [0.717, 1.165) is 82.2 Å². The highest BCUT2D eigenvalue weighted by atomic mass is 16.5. The molecule has 0 unspecified atom stereocenters. The van der Waals surface area contributed by atoms with Gasteiger partial charge in [0.05, 0.1) is 18.8 Å². The average molecular weight is 436 g/mol. The quantitative estimate of drug-likeness (QED) is 0.734. The number of likely N-dealkylation sites (N-methyl/N-ethyl adjacent to an activating group) is 1. The Morgan fingerprint density at radius 1 is 1.03 bits per heavy atom. The van der Waals surface area contributed by atoms with E-state index < -0.39 is 5.60 Å². The van der Waals surface area contributed by atoms with E-state index in [-0.39, 0.29) is 5.91 Å². The Hall–Kier alpha value is -2.35. The van der Waals surface area contributed by atoms with E-state index in [9.17, 15) is 4.79 Å². The van der Waals surface area contributed by atoms with Crippen LogP contribution in [0.1, 0.15) is 31.0 Å². The number of hydrogen-bond donors (Lipinski definition) is 0. The Bertz CT molecular complexity index is 935. The van der Waals surface area contributed by atoms with E-state index in [0.29, 0.717) is 13.2 Å². The lowest BCUT2D eigenvalue weighted by atomic mass is 9.83. The van der Waals surface area contributed by atoms with Crippen molar-refractivity contribution < 1.29 is 9.53 Å². The molecule has 0 bridgehead atoms. The second kappa shape index (κ2) is 9.25. The lowest BCUT2D eigenvalue weighted by molar-refractivity contribution is -0.142. The molecule has 3 aliphatic heterocycles. The number of ether oxygens (including phenoxy) is 1. The lowest BCUT2D eigenvalue weighted by Gasteiger charge is -2.44. The van der Waals surface area contributed by atoms with Crippen LogP contribution in [0.15, 0.2) is 36.5 Å². The topological polar surface area (TPSA) is 61.8 Å². The summed E-state index contributed by atoms with van der Waals surface area (Å²) < 4.78 is 6.38. The number of rotatable bonds is 4. The van der Waals surface area contributed by atoms with E-state index in [1.165, 1.54) is 5.56 Å². The van der Waals surface area contributed by atoms with Gasteiger partial charge in [0, 0.05) is 51.0 Å². The van der Waals surface area contributed by atoms with Gasteiger partial charge in [0.25, 0.3) is 0 Å². The summed E-state index contributed by atoms with van der Waals surface area (Å²) in [6.07, 6.45) is 4.40. The van der Waals surface area contributed by atoms with Crippen LogP contribution in [0.25, 0.3) is 11.4 Å². The van der Waals surface area contributed by atoms with Crippen molar-refractivity contribution in [3.05, 3.63) is 47.8 Å². The fraction of sp³-hybridized carbons (Fsp3) is 0.560. The number of nitrogens with zero attached hydrogens (tertiary/aromatic N) is 5. The van der Waals surface area contributed by atoms with E-state index in [1.54, 1.807) is 0 Å². The highest BCUT2D eigenvalue weighted by molar-refractivity contribution is 5.78. The molecule has 0 aliphatic carbocycles. The summed E-state index contributed by atoms with van der Waals surface area (Å²) >= 11 is 0. The van der Waals surface area contributed by atoms with Crippen molar-refractivity contribution in [2.75, 3.05) is 59.0 Å². The van der Waals surface area contributed by atoms with Crippen LogP contribution >= 0.6 is 0 Å². The zero-order valence-corrected chi connectivity index (χ0v) is 19.0. The third-order valence-electron chi connectivity index (χ3n) is 7.27. The van der Waals surface area contributed by atoms with Crippen LogP contribution in [-0.2, 0) is 21.6 Å². The third-order valence-corrected chi connectivity index (χ3v) is 7.27. The van der Waals surface area contributed by atoms with Crippen molar-refractivity contribution in [2.24, 2.45) is 0 Å². The van der Waals surface area contributed by atoms with Crippen molar-refractivity contribution in [3.8, 4) is 11.4 Å². The van der Waals surface area contributed by atoms with Crippen LogP contribution in [0.4, 0.5) is 0 Å². The molecule has 7 nitrogen and oxygen atoms in total. The number of fused-ring (bicyclic) bond motifs is 2. The van der Waals surface area contributed by atoms with Crippen LogP contribution in [0.5, 0.6) is 0 Å². The van der Waals surface area contributed by atoms with Gasteiger partial charge in [-0.05, 0) is 31.4 Å². The maximum atomic E-state index is 13.0. The molecule has 7 heteroatoms. The van der Waals surface area contributed by atoms with Gasteiger partial charge >= 0.3 is 0 Å². The van der Waals surface area contributed by atoms with Gasteiger partial charge in [-0.3, -0.25) is 9.69 Å². The summed E-state index contributed by atoms with van der Waals surface area (Å²) in [7, 11) is 0. The molecular weight excluding hydrogens is 402 g/mol. The number of likely N-dealkylation sites (tertiary alicyclic amines) is 1. The fourth-order valence-electron chi connectivity index (χ4n) is 5.19. The van der Waals surface area contributed by atoms with Gasteiger partial charge in [0.1, 0.15) is 5.60 Å². The number of hydrogen-bond acceptors (Lipinski definition) is 6. The Morgan fingerprint density at radius 2 is 1.75 bits per heavy atom. The molecule has 1 aromatic carbocycles. The van der Waals surface area contributed by atoms with E-state index in [1.807, 2.05) is 41.4 Å². The van der Waals surface area contributed by atoms with Gasteiger partial charge in [0.2, 0.25) is 5.91 Å². The third kappa shape index (κ3) is 4.29. The molecule has 2 aromatic rings. The number of amides is 1. The van der Waals surface area contributed by atoms with Gasteiger partial charge < -0.3 is 14.5 Å². The number of benzene rings is 1. The number of carbonyl (C=O) groups excluding carboxylic acids is 1. The summed E-state index contributed by atoms with van der Waals surface area (Å²) in [5.74, 6) is 0.993. The summed E-state index contributed by atoms with van der Waals surface area (Å²) in [6.45, 7) is 10.0. The molecule has 1 amide bonds. The molecule has 0 saturated carbocycles. The highest BCUT2D eigenvalue weighted by Gasteiger charge is 2.43. The van der Waals surface area contributed by atoms with Crippen LogP contribution in [0.3, 0.4) is 0 Å². The lowest BCUT2D eigenvalue weighted by Crippen LogP contribution is -2.53. The Kier molecular flexibility index (Phi) is 6.22. The van der Waals surface area contributed by atoms with Crippen molar-refractivity contribution in [1.29, 1.82) is 0 Å². The zero-order valence-electron chi connectivity index (χ0n) is 19.0. The summed E-state index contributed by atoms with van der Waals surface area (Å²) in [5, 5.41) is 0. The summed E-state index contributed by atoms with van der Waals surface area (Å²) in [4.78, 5) is 29.3. The largest absolute Gasteiger partial charge is 0.368 e. The Labute approximate surface area is 190 Å². The predicted octanol–water partition coefficient (Wildman–Crippen LogP) is 2.17. The zero-order chi connectivity index (χ0) is 22.0. The maximum Gasteiger partial charge on any atom is 0.236 e. The first-order chi connectivity index (χ1) is 15.7. The summed E-state index contributed by atoms with van der Waals surface area (Å²) in [5.41, 5.74) is 2.83. The van der Waals surface area contributed by atoms with Crippen molar-refractivity contribution >= 4 is 5.91 Å². The van der Waals surface area contributed by atoms with Crippen LogP contribution < -0.4 is 0 Å². The molecule has 0 atom stereocenters. The van der Waals surface area contributed by atoms with Gasteiger partial charge in [-0.15, -0.1) is 0 Å². The van der Waals surface area contributed by atoms with Crippen molar-refractivity contribution in [1.82, 2.24) is 24.7 Å². The van der Waals surface area contributed by atoms with E-state index in [4.69, 9.17) is 9.72 Å². The van der Waals surface area contributed by atoms with Gasteiger partial charge in [0.15, 0.2) is 5.82 Å². The molecule has 2 fully saturated rings. The first-order valence-electron chi connectivity index (χ1n) is 12.0. The molecule has 0 N–H and O–H groups in total. The predicted molar refractivity (Wildman–Crippen MR) is 123 cm³/mol. The highest BCUT2D eigenvalue weighted by Crippen LogP contribution is 2.40. The molecule has 4 heterocycles. The SMILES string of the molecule is CCN1CCN(CC(=O)N2CCC3(CC2)OCCc2cnc(-c4ccccc4)nc23)CC1. The van der Waals surface area contributed by atoms with Crippen molar-refractivity contribution in [3.63, 3.8) is 0 Å². The first kappa shape index (κ1) is 21.5. The number of piperazine rings is 1. The molecule has 170 valence electrons. The fourth-order valence-corrected chi connectivity index (χ4v) is 5.19. The molecule has 1 spiro atoms. The summed E-state index contributed by atoms with van der Waals surface area (Å²) in [6, 6.07) is 10.1. The number of aromatic nitrogens is 2. The normalized spacial score (nSPS) is 21.5. The average Bonchev–Trinajstić information content (AvgIpc) is 2.85. The minimum atomic E-state index is -0.399. The maximum absolute atomic E-state index is 13.0.